The van der Waals surface area contributed by atoms with Gasteiger partial charge < -0.3 is 15.0 Å². The van der Waals surface area contributed by atoms with Gasteiger partial charge in [-0.15, -0.1) is 0 Å². The maximum atomic E-state index is 11.7. The predicted octanol–water partition coefficient (Wildman–Crippen LogP) is 1.62. The molecule has 1 aliphatic rings. The molecule has 1 fully saturated rings. The molecule has 21 heavy (non-hydrogen) atoms. The van der Waals surface area contributed by atoms with Crippen LogP contribution in [0.4, 0.5) is 5.69 Å². The molecule has 1 aromatic rings. The Hall–Kier alpha value is -1.27. The molecule has 2 rings (SSSR count). The van der Waals surface area contributed by atoms with Crippen LogP contribution in [-0.4, -0.2) is 58.1 Å². The zero-order valence-corrected chi connectivity index (χ0v) is 13.5. The van der Waals surface area contributed by atoms with Crippen LogP contribution in [0.15, 0.2) is 24.3 Å². The van der Waals surface area contributed by atoms with Crippen molar-refractivity contribution in [1.82, 2.24) is 4.90 Å². The summed E-state index contributed by atoms with van der Waals surface area (Å²) in [6.45, 7) is 1.49. The summed E-state index contributed by atoms with van der Waals surface area (Å²) in [5.41, 5.74) is 0.916. The van der Waals surface area contributed by atoms with E-state index in [9.17, 15) is 8.42 Å². The van der Waals surface area contributed by atoms with Gasteiger partial charge in [0.1, 0.15) is 12.4 Å². The van der Waals surface area contributed by atoms with Gasteiger partial charge in [-0.25, -0.2) is 8.42 Å². The highest BCUT2D eigenvalue weighted by Crippen LogP contribution is 2.21. The highest BCUT2D eigenvalue weighted by molar-refractivity contribution is 7.91. The third-order valence-corrected chi connectivity index (χ3v) is 5.30. The average molecular weight is 312 g/mol. The fraction of sp³-hybridized carbons (Fsp3) is 0.600. The third-order valence-electron chi connectivity index (χ3n) is 3.48. The van der Waals surface area contributed by atoms with Crippen molar-refractivity contribution in [2.75, 3.05) is 44.1 Å². The molecule has 0 amide bonds. The number of sulfone groups is 1. The van der Waals surface area contributed by atoms with E-state index in [1.165, 1.54) is 0 Å². The van der Waals surface area contributed by atoms with Crippen molar-refractivity contribution >= 4 is 15.5 Å². The molecule has 5 nitrogen and oxygen atoms in total. The Morgan fingerprint density at radius 3 is 2.90 bits per heavy atom. The Bertz CT molecular complexity index is 558. The summed E-state index contributed by atoms with van der Waals surface area (Å²) in [6, 6.07) is 7.71. The Balaban J connectivity index is 1.91. The summed E-state index contributed by atoms with van der Waals surface area (Å²) >= 11 is 0. The first-order valence-corrected chi connectivity index (χ1v) is 9.11. The van der Waals surface area contributed by atoms with Gasteiger partial charge in [0, 0.05) is 24.3 Å². The van der Waals surface area contributed by atoms with Gasteiger partial charge in [0.25, 0.3) is 0 Å². The fourth-order valence-corrected chi connectivity index (χ4v) is 4.03. The minimum absolute atomic E-state index is 0.000718. The highest BCUT2D eigenvalue weighted by atomic mass is 32.2. The quantitative estimate of drug-likeness (QED) is 0.865. The first kappa shape index (κ1) is 16.1. The standard InChI is InChI=1S/C15H24N2O3S/c1-17(2)8-9-20-15-7-3-5-13(11-15)16-14-6-4-10-21(18,19)12-14/h3,5,7,11,14,16H,4,6,8-10,12H2,1-2H3. The van der Waals surface area contributed by atoms with Gasteiger partial charge in [0.2, 0.25) is 0 Å². The van der Waals surface area contributed by atoms with Crippen molar-refractivity contribution < 1.29 is 13.2 Å². The molecule has 0 bridgehead atoms. The Morgan fingerprint density at radius 1 is 1.38 bits per heavy atom. The lowest BCUT2D eigenvalue weighted by atomic mass is 10.1. The second kappa shape index (κ2) is 7.13. The lowest BCUT2D eigenvalue weighted by molar-refractivity contribution is 0.261. The number of anilines is 1. The Morgan fingerprint density at radius 2 is 2.19 bits per heavy atom. The number of ether oxygens (including phenoxy) is 1. The van der Waals surface area contributed by atoms with E-state index >= 15 is 0 Å². The van der Waals surface area contributed by atoms with Crippen LogP contribution in [-0.2, 0) is 9.84 Å². The molecule has 1 atom stereocenters. The molecule has 118 valence electrons. The second-order valence-corrected chi connectivity index (χ2v) is 8.01. The van der Waals surface area contributed by atoms with Gasteiger partial charge in [0.05, 0.1) is 11.5 Å². The van der Waals surface area contributed by atoms with Gasteiger partial charge in [-0.05, 0) is 39.1 Å². The molecule has 0 saturated carbocycles. The number of likely N-dealkylation sites (N-methyl/N-ethyl adjacent to an activating group) is 1. The fourth-order valence-electron chi connectivity index (χ4n) is 2.39. The van der Waals surface area contributed by atoms with Crippen LogP contribution in [0.25, 0.3) is 0 Å². The molecule has 1 unspecified atom stereocenters. The topological polar surface area (TPSA) is 58.6 Å². The summed E-state index contributed by atoms with van der Waals surface area (Å²) in [5, 5.41) is 3.31. The average Bonchev–Trinajstić information content (AvgIpc) is 2.37. The number of benzene rings is 1. The first-order chi connectivity index (χ1) is 9.94. The van der Waals surface area contributed by atoms with Crippen LogP contribution < -0.4 is 10.1 Å². The number of nitrogens with zero attached hydrogens (tertiary/aromatic N) is 1. The largest absolute Gasteiger partial charge is 0.492 e. The van der Waals surface area contributed by atoms with E-state index < -0.39 is 9.84 Å². The molecule has 1 N–H and O–H groups in total. The third kappa shape index (κ3) is 5.55. The SMILES string of the molecule is CN(C)CCOc1cccc(NC2CCCS(=O)(=O)C2)c1. The molecule has 6 heteroatoms. The monoisotopic (exact) mass is 312 g/mol. The van der Waals surface area contributed by atoms with Crippen LogP contribution in [0.3, 0.4) is 0 Å². The smallest absolute Gasteiger partial charge is 0.152 e. The number of rotatable bonds is 6. The zero-order valence-electron chi connectivity index (χ0n) is 12.7. The van der Waals surface area contributed by atoms with Gasteiger partial charge in [0.15, 0.2) is 9.84 Å². The van der Waals surface area contributed by atoms with Crippen LogP contribution >= 0.6 is 0 Å². The first-order valence-electron chi connectivity index (χ1n) is 7.29. The van der Waals surface area contributed by atoms with Crippen molar-refractivity contribution in [2.24, 2.45) is 0 Å². The predicted molar refractivity (Wildman–Crippen MR) is 85.8 cm³/mol. The van der Waals surface area contributed by atoms with E-state index in [2.05, 4.69) is 10.2 Å². The van der Waals surface area contributed by atoms with Crippen molar-refractivity contribution in [2.45, 2.75) is 18.9 Å². The zero-order chi connectivity index (χ0) is 15.3. The summed E-state index contributed by atoms with van der Waals surface area (Å²) in [7, 11) is 1.12. The van der Waals surface area contributed by atoms with E-state index in [1.807, 2.05) is 38.4 Å². The van der Waals surface area contributed by atoms with Crippen molar-refractivity contribution in [3.8, 4) is 5.75 Å². The second-order valence-electron chi connectivity index (χ2n) is 5.78. The molecule has 0 aliphatic carbocycles. The number of hydrogen-bond acceptors (Lipinski definition) is 5. The van der Waals surface area contributed by atoms with Crippen LogP contribution in [0, 0.1) is 0 Å². The van der Waals surface area contributed by atoms with Crippen molar-refractivity contribution in [1.29, 1.82) is 0 Å². The van der Waals surface area contributed by atoms with E-state index in [-0.39, 0.29) is 11.8 Å². The molecular formula is C15H24N2O3S. The number of hydrogen-bond donors (Lipinski definition) is 1. The summed E-state index contributed by atoms with van der Waals surface area (Å²) in [6.07, 6.45) is 1.63. The Kier molecular flexibility index (Phi) is 5.47. The molecule has 0 spiro atoms. The van der Waals surface area contributed by atoms with E-state index in [1.54, 1.807) is 0 Å². The maximum absolute atomic E-state index is 11.7. The van der Waals surface area contributed by atoms with Gasteiger partial charge >= 0.3 is 0 Å². The van der Waals surface area contributed by atoms with Crippen LogP contribution in [0.5, 0.6) is 5.75 Å². The normalized spacial score (nSPS) is 21.2. The van der Waals surface area contributed by atoms with Gasteiger partial charge in [-0.3, -0.25) is 0 Å². The minimum Gasteiger partial charge on any atom is -0.492 e. The van der Waals surface area contributed by atoms with E-state index in [0.29, 0.717) is 12.4 Å². The molecule has 1 aromatic carbocycles. The highest BCUT2D eigenvalue weighted by Gasteiger charge is 2.24. The Labute approximate surface area is 127 Å². The van der Waals surface area contributed by atoms with E-state index in [4.69, 9.17) is 4.74 Å². The minimum atomic E-state index is -2.89. The summed E-state index contributed by atoms with van der Waals surface area (Å²) < 4.78 is 29.0. The molecule has 0 aromatic heterocycles. The summed E-state index contributed by atoms with van der Waals surface area (Å²) in [5.74, 6) is 1.35. The molecule has 1 aliphatic heterocycles. The van der Waals surface area contributed by atoms with E-state index in [0.717, 1.165) is 30.8 Å². The summed E-state index contributed by atoms with van der Waals surface area (Å²) in [4.78, 5) is 2.06. The number of nitrogens with one attached hydrogen (secondary N) is 1. The lowest BCUT2D eigenvalue weighted by Gasteiger charge is -2.24. The lowest BCUT2D eigenvalue weighted by Crippen LogP contribution is -2.34. The van der Waals surface area contributed by atoms with Crippen LogP contribution in [0.1, 0.15) is 12.8 Å². The molecule has 0 radical (unpaired) electrons. The van der Waals surface area contributed by atoms with Gasteiger partial charge in [-0.1, -0.05) is 6.07 Å². The van der Waals surface area contributed by atoms with Crippen molar-refractivity contribution in [3.63, 3.8) is 0 Å². The van der Waals surface area contributed by atoms with Crippen molar-refractivity contribution in [3.05, 3.63) is 24.3 Å². The van der Waals surface area contributed by atoms with Crippen LogP contribution in [0.2, 0.25) is 0 Å². The maximum Gasteiger partial charge on any atom is 0.152 e. The molecule has 1 saturated heterocycles. The molecular weight excluding hydrogens is 288 g/mol. The van der Waals surface area contributed by atoms with Gasteiger partial charge in [-0.2, -0.15) is 0 Å². The molecule has 1 heterocycles.